The summed E-state index contributed by atoms with van der Waals surface area (Å²) in [7, 11) is 0. The molecule has 0 fully saturated rings. The van der Waals surface area contributed by atoms with Gasteiger partial charge in [-0.3, -0.25) is 4.79 Å². The Morgan fingerprint density at radius 1 is 1.77 bits per heavy atom. The van der Waals surface area contributed by atoms with Gasteiger partial charge in [-0.1, -0.05) is 11.8 Å². The fourth-order valence-electron chi connectivity index (χ4n) is 0.704. The molecule has 0 unspecified atom stereocenters. The van der Waals surface area contributed by atoms with Gasteiger partial charge < -0.3 is 10.4 Å². The Kier molecular flexibility index (Phi) is 3.51. The smallest absolute Gasteiger partial charge is 0.322 e. The molecule has 13 heavy (non-hydrogen) atoms. The maximum absolute atomic E-state index is 10.2. The zero-order valence-corrected chi connectivity index (χ0v) is 7.84. The number of carboxylic acid groups (broad SMARTS) is 1. The number of hydrogen-bond donors (Lipinski definition) is 2. The standard InChI is InChI=1S/C7H9N3O2S/c1-13-7-8-3-2-5(10-7)9-4-6(11)12/h2-3H,4H2,1H3,(H,11,12)(H,8,9,10). The van der Waals surface area contributed by atoms with E-state index in [1.807, 2.05) is 6.26 Å². The van der Waals surface area contributed by atoms with Crippen LogP contribution in [0.2, 0.25) is 0 Å². The molecular weight excluding hydrogens is 190 g/mol. The van der Waals surface area contributed by atoms with Crippen molar-refractivity contribution in [1.82, 2.24) is 9.97 Å². The molecule has 1 aromatic rings. The molecule has 6 heteroatoms. The normalized spacial score (nSPS) is 9.62. The van der Waals surface area contributed by atoms with E-state index in [0.717, 1.165) is 0 Å². The second kappa shape index (κ2) is 4.66. The third kappa shape index (κ3) is 3.29. The highest BCUT2D eigenvalue weighted by atomic mass is 32.2. The molecule has 2 N–H and O–H groups in total. The zero-order chi connectivity index (χ0) is 9.68. The topological polar surface area (TPSA) is 75.1 Å². The van der Waals surface area contributed by atoms with Crippen molar-refractivity contribution in [2.24, 2.45) is 0 Å². The fourth-order valence-corrected chi connectivity index (χ4v) is 1.06. The first-order valence-corrected chi connectivity index (χ1v) is 4.77. The Labute approximate surface area is 79.6 Å². The Morgan fingerprint density at radius 2 is 2.54 bits per heavy atom. The van der Waals surface area contributed by atoms with E-state index in [-0.39, 0.29) is 6.54 Å². The predicted molar refractivity (Wildman–Crippen MR) is 49.9 cm³/mol. The number of anilines is 1. The summed E-state index contributed by atoms with van der Waals surface area (Å²) in [5, 5.41) is 11.7. The van der Waals surface area contributed by atoms with Crippen LogP contribution in [0, 0.1) is 0 Å². The molecule has 0 spiro atoms. The van der Waals surface area contributed by atoms with Gasteiger partial charge >= 0.3 is 5.97 Å². The van der Waals surface area contributed by atoms with Gasteiger partial charge in [0.05, 0.1) is 0 Å². The number of carboxylic acids is 1. The molecule has 0 aromatic carbocycles. The van der Waals surface area contributed by atoms with Crippen LogP contribution in [0.15, 0.2) is 17.4 Å². The molecule has 0 bridgehead atoms. The van der Waals surface area contributed by atoms with E-state index in [9.17, 15) is 4.79 Å². The molecule has 0 radical (unpaired) electrons. The zero-order valence-electron chi connectivity index (χ0n) is 7.02. The first kappa shape index (κ1) is 9.79. The third-order valence-electron chi connectivity index (χ3n) is 1.24. The maximum Gasteiger partial charge on any atom is 0.322 e. The molecule has 0 saturated heterocycles. The van der Waals surface area contributed by atoms with Gasteiger partial charge in [-0.15, -0.1) is 0 Å². The molecule has 0 aliphatic carbocycles. The summed E-state index contributed by atoms with van der Waals surface area (Å²) >= 11 is 1.41. The highest BCUT2D eigenvalue weighted by Crippen LogP contribution is 2.09. The molecule has 0 aliphatic heterocycles. The van der Waals surface area contributed by atoms with Gasteiger partial charge in [0, 0.05) is 6.20 Å². The van der Waals surface area contributed by atoms with Gasteiger partial charge in [0.2, 0.25) is 0 Å². The highest BCUT2D eigenvalue weighted by Gasteiger charge is 1.99. The summed E-state index contributed by atoms with van der Waals surface area (Å²) in [5.74, 6) is -0.383. The van der Waals surface area contributed by atoms with Crippen LogP contribution in [-0.4, -0.2) is 33.8 Å². The van der Waals surface area contributed by atoms with E-state index in [4.69, 9.17) is 5.11 Å². The van der Waals surface area contributed by atoms with E-state index in [1.54, 1.807) is 12.3 Å². The molecule has 5 nitrogen and oxygen atoms in total. The number of hydrogen-bond acceptors (Lipinski definition) is 5. The van der Waals surface area contributed by atoms with Crippen molar-refractivity contribution >= 4 is 23.5 Å². The summed E-state index contributed by atoms with van der Waals surface area (Å²) in [4.78, 5) is 18.2. The first-order valence-electron chi connectivity index (χ1n) is 3.55. The number of aromatic nitrogens is 2. The minimum Gasteiger partial charge on any atom is -0.480 e. The van der Waals surface area contributed by atoms with Crippen molar-refractivity contribution in [3.63, 3.8) is 0 Å². The van der Waals surface area contributed by atoms with Gasteiger partial charge in [-0.2, -0.15) is 0 Å². The number of nitrogens with one attached hydrogen (secondary N) is 1. The van der Waals surface area contributed by atoms with E-state index in [2.05, 4.69) is 15.3 Å². The molecule has 0 saturated carbocycles. The molecule has 70 valence electrons. The SMILES string of the molecule is CSc1nccc(NCC(=O)O)n1. The molecule has 0 aliphatic rings. The predicted octanol–water partition coefficient (Wildman–Crippen LogP) is 0.695. The van der Waals surface area contributed by atoms with Crippen molar-refractivity contribution in [2.75, 3.05) is 18.1 Å². The second-order valence-corrected chi connectivity index (χ2v) is 2.95. The average Bonchev–Trinajstić information content (AvgIpc) is 2.15. The van der Waals surface area contributed by atoms with Crippen molar-refractivity contribution in [1.29, 1.82) is 0 Å². The Hall–Kier alpha value is -1.30. The summed E-state index contributed by atoms with van der Waals surface area (Å²) in [6.45, 7) is -0.134. The minimum atomic E-state index is -0.913. The Balaban J connectivity index is 2.61. The minimum absolute atomic E-state index is 0.134. The summed E-state index contributed by atoms with van der Waals surface area (Å²) in [5.41, 5.74) is 0. The lowest BCUT2D eigenvalue weighted by molar-refractivity contribution is -0.134. The summed E-state index contributed by atoms with van der Waals surface area (Å²) in [6, 6.07) is 1.63. The van der Waals surface area contributed by atoms with Crippen LogP contribution in [0.3, 0.4) is 0 Å². The van der Waals surface area contributed by atoms with Crippen molar-refractivity contribution in [2.45, 2.75) is 5.16 Å². The molecule has 1 rings (SSSR count). The van der Waals surface area contributed by atoms with Crippen LogP contribution in [0.5, 0.6) is 0 Å². The van der Waals surface area contributed by atoms with Crippen LogP contribution in [0.4, 0.5) is 5.82 Å². The van der Waals surface area contributed by atoms with Crippen molar-refractivity contribution < 1.29 is 9.90 Å². The Bertz CT molecular complexity index is 306. The number of nitrogens with zero attached hydrogens (tertiary/aromatic N) is 2. The lowest BCUT2D eigenvalue weighted by Crippen LogP contribution is -2.13. The van der Waals surface area contributed by atoms with Gasteiger partial charge in [0.1, 0.15) is 12.4 Å². The van der Waals surface area contributed by atoms with Crippen LogP contribution < -0.4 is 5.32 Å². The third-order valence-corrected chi connectivity index (χ3v) is 1.80. The van der Waals surface area contributed by atoms with Gasteiger partial charge in [-0.05, 0) is 12.3 Å². The molecule has 0 atom stereocenters. The number of aliphatic carboxylic acids is 1. The molecule has 1 aromatic heterocycles. The lowest BCUT2D eigenvalue weighted by Gasteiger charge is -2.02. The summed E-state index contributed by atoms with van der Waals surface area (Å²) < 4.78 is 0. The van der Waals surface area contributed by atoms with Crippen LogP contribution in [-0.2, 0) is 4.79 Å². The maximum atomic E-state index is 10.2. The van der Waals surface area contributed by atoms with Crippen LogP contribution in [0.1, 0.15) is 0 Å². The highest BCUT2D eigenvalue weighted by molar-refractivity contribution is 7.98. The largest absolute Gasteiger partial charge is 0.480 e. The van der Waals surface area contributed by atoms with Crippen molar-refractivity contribution in [3.05, 3.63) is 12.3 Å². The second-order valence-electron chi connectivity index (χ2n) is 2.18. The number of thioether (sulfide) groups is 1. The average molecular weight is 199 g/mol. The Morgan fingerprint density at radius 3 is 3.15 bits per heavy atom. The van der Waals surface area contributed by atoms with Crippen LogP contribution >= 0.6 is 11.8 Å². The summed E-state index contributed by atoms with van der Waals surface area (Å²) in [6.07, 6.45) is 3.44. The molecule has 0 amide bonds. The van der Waals surface area contributed by atoms with E-state index >= 15 is 0 Å². The van der Waals surface area contributed by atoms with E-state index in [1.165, 1.54) is 11.8 Å². The molecular formula is C7H9N3O2S. The monoisotopic (exact) mass is 199 g/mol. The van der Waals surface area contributed by atoms with Gasteiger partial charge in [0.25, 0.3) is 0 Å². The van der Waals surface area contributed by atoms with Gasteiger partial charge in [-0.25, -0.2) is 9.97 Å². The van der Waals surface area contributed by atoms with E-state index < -0.39 is 5.97 Å². The fraction of sp³-hybridized carbons (Fsp3) is 0.286. The quantitative estimate of drug-likeness (QED) is 0.549. The molecule has 1 heterocycles. The number of rotatable bonds is 4. The first-order chi connectivity index (χ1) is 6.22. The lowest BCUT2D eigenvalue weighted by atomic mass is 10.5. The van der Waals surface area contributed by atoms with Crippen LogP contribution in [0.25, 0.3) is 0 Å². The number of carbonyl (C=O) groups is 1. The van der Waals surface area contributed by atoms with Gasteiger partial charge in [0.15, 0.2) is 5.16 Å². The van der Waals surface area contributed by atoms with E-state index in [0.29, 0.717) is 11.0 Å². The van der Waals surface area contributed by atoms with Crippen molar-refractivity contribution in [3.8, 4) is 0 Å².